The predicted octanol–water partition coefficient (Wildman–Crippen LogP) is 5.86. The van der Waals surface area contributed by atoms with Gasteiger partial charge in [0.05, 0.1) is 5.69 Å². The maximum absolute atomic E-state index is 12.5. The van der Waals surface area contributed by atoms with Gasteiger partial charge in [-0.2, -0.15) is 0 Å². The average Bonchev–Trinajstić information content (AvgIpc) is 3.33. The van der Waals surface area contributed by atoms with Crippen LogP contribution < -0.4 is 10.6 Å². The number of hydrogen-bond acceptors (Lipinski definition) is 7. The van der Waals surface area contributed by atoms with Crippen LogP contribution in [0, 0.1) is 0 Å². The predicted molar refractivity (Wildman–Crippen MR) is 143 cm³/mol. The zero-order valence-corrected chi connectivity index (χ0v) is 21.5. The minimum absolute atomic E-state index is 0.0950. The third kappa shape index (κ3) is 5.86. The van der Waals surface area contributed by atoms with Gasteiger partial charge in [-0.05, 0) is 64.3 Å². The summed E-state index contributed by atoms with van der Waals surface area (Å²) in [5, 5.41) is 9.25. The Morgan fingerprint density at radius 3 is 2.67 bits per heavy atom. The molecule has 4 heterocycles. The number of pyridine rings is 3. The molecule has 5 rings (SSSR count). The van der Waals surface area contributed by atoms with Crippen LogP contribution >= 0.6 is 0 Å². The fourth-order valence-electron chi connectivity index (χ4n) is 5.04. The van der Waals surface area contributed by atoms with Crippen LogP contribution in [0.3, 0.4) is 0 Å². The first-order valence-electron chi connectivity index (χ1n) is 13.1. The van der Waals surface area contributed by atoms with Crippen LogP contribution in [0.4, 0.5) is 16.4 Å². The Bertz CT molecular complexity index is 1220. The van der Waals surface area contributed by atoms with E-state index in [1.807, 2.05) is 45.3 Å². The Labute approximate surface area is 212 Å². The van der Waals surface area contributed by atoms with Gasteiger partial charge in [0.2, 0.25) is 0 Å². The normalized spacial score (nSPS) is 18.9. The van der Waals surface area contributed by atoms with Crippen LogP contribution in [0.25, 0.3) is 22.0 Å². The zero-order valence-electron chi connectivity index (χ0n) is 21.5. The molecule has 8 heteroatoms. The second kappa shape index (κ2) is 10.3. The fourth-order valence-corrected chi connectivity index (χ4v) is 5.04. The van der Waals surface area contributed by atoms with E-state index in [4.69, 9.17) is 9.72 Å². The van der Waals surface area contributed by atoms with E-state index < -0.39 is 5.60 Å². The van der Waals surface area contributed by atoms with Crippen molar-refractivity contribution in [3.8, 4) is 11.3 Å². The lowest BCUT2D eigenvalue weighted by atomic mass is 9.95. The van der Waals surface area contributed by atoms with E-state index in [2.05, 4.69) is 32.7 Å². The summed E-state index contributed by atoms with van der Waals surface area (Å²) in [5.41, 5.74) is 1.38. The molecule has 0 unspecified atom stereocenters. The first-order valence-corrected chi connectivity index (χ1v) is 13.1. The Kier molecular flexibility index (Phi) is 6.94. The number of rotatable bonds is 5. The van der Waals surface area contributed by atoms with E-state index in [1.54, 1.807) is 11.1 Å². The van der Waals surface area contributed by atoms with Gasteiger partial charge in [0, 0.05) is 60.1 Å². The number of nitrogens with zero attached hydrogens (tertiary/aromatic N) is 4. The Morgan fingerprint density at radius 1 is 1.03 bits per heavy atom. The molecule has 1 aliphatic carbocycles. The molecule has 36 heavy (non-hydrogen) atoms. The number of anilines is 2. The molecule has 2 aliphatic rings. The maximum Gasteiger partial charge on any atom is 0.410 e. The van der Waals surface area contributed by atoms with Gasteiger partial charge in [0.1, 0.15) is 17.2 Å². The Hall–Kier alpha value is -3.42. The number of hydrogen-bond donors (Lipinski definition) is 2. The molecular formula is C28H36N6O2. The molecule has 1 saturated heterocycles. The van der Waals surface area contributed by atoms with Crippen molar-refractivity contribution < 1.29 is 9.53 Å². The van der Waals surface area contributed by atoms with Crippen LogP contribution in [-0.4, -0.2) is 56.7 Å². The lowest BCUT2D eigenvalue weighted by molar-refractivity contribution is 0.0293. The topological polar surface area (TPSA) is 92.3 Å². The van der Waals surface area contributed by atoms with Gasteiger partial charge in [0.15, 0.2) is 0 Å². The Morgan fingerprint density at radius 2 is 1.86 bits per heavy atom. The molecule has 2 fully saturated rings. The number of ether oxygens (including phenoxy) is 1. The van der Waals surface area contributed by atoms with E-state index in [0.29, 0.717) is 19.1 Å². The second-order valence-electron chi connectivity index (χ2n) is 10.9. The fraction of sp³-hybridized carbons (Fsp3) is 0.500. The number of carbonyl (C=O) groups is 1. The molecule has 0 aromatic carbocycles. The molecular weight excluding hydrogens is 452 g/mol. The average molecular weight is 489 g/mol. The molecule has 1 amide bonds. The smallest absolute Gasteiger partial charge is 0.410 e. The van der Waals surface area contributed by atoms with Crippen LogP contribution in [0.15, 0.2) is 42.9 Å². The summed E-state index contributed by atoms with van der Waals surface area (Å²) in [5.74, 6) is 1.70. The van der Waals surface area contributed by atoms with Crippen molar-refractivity contribution in [2.75, 3.05) is 23.7 Å². The van der Waals surface area contributed by atoms with Gasteiger partial charge in [-0.15, -0.1) is 0 Å². The van der Waals surface area contributed by atoms with Gasteiger partial charge in [-0.25, -0.2) is 14.8 Å². The molecule has 3 aromatic heterocycles. The van der Waals surface area contributed by atoms with Crippen molar-refractivity contribution >= 4 is 28.5 Å². The number of carbonyl (C=O) groups excluding carboxylic acids is 1. The lowest BCUT2D eigenvalue weighted by Crippen LogP contribution is -2.36. The zero-order chi connectivity index (χ0) is 25.1. The molecule has 3 aromatic rings. The third-order valence-electron chi connectivity index (χ3n) is 6.83. The van der Waals surface area contributed by atoms with E-state index >= 15 is 0 Å². The third-order valence-corrected chi connectivity index (χ3v) is 6.83. The van der Waals surface area contributed by atoms with Crippen LogP contribution in [-0.2, 0) is 4.74 Å². The highest BCUT2D eigenvalue weighted by atomic mass is 16.6. The van der Waals surface area contributed by atoms with Crippen molar-refractivity contribution in [1.82, 2.24) is 19.9 Å². The summed E-state index contributed by atoms with van der Waals surface area (Å²) < 4.78 is 5.56. The van der Waals surface area contributed by atoms with Gasteiger partial charge in [-0.1, -0.05) is 19.3 Å². The first kappa shape index (κ1) is 24.3. The molecule has 8 nitrogen and oxygen atoms in total. The van der Waals surface area contributed by atoms with Crippen molar-refractivity contribution in [1.29, 1.82) is 0 Å². The summed E-state index contributed by atoms with van der Waals surface area (Å²) in [6, 6.07) is 8.73. The number of fused-ring (bicyclic) bond motifs is 1. The molecule has 0 spiro atoms. The minimum atomic E-state index is -0.503. The molecule has 1 aliphatic heterocycles. The first-order chi connectivity index (χ1) is 17.3. The van der Waals surface area contributed by atoms with Crippen molar-refractivity contribution in [3.05, 3.63) is 42.9 Å². The molecule has 1 saturated carbocycles. The second-order valence-corrected chi connectivity index (χ2v) is 10.9. The monoisotopic (exact) mass is 488 g/mol. The minimum Gasteiger partial charge on any atom is -0.444 e. The highest BCUT2D eigenvalue weighted by Gasteiger charge is 2.30. The summed E-state index contributed by atoms with van der Waals surface area (Å²) in [7, 11) is 0. The van der Waals surface area contributed by atoms with Gasteiger partial charge in [-0.3, -0.25) is 4.98 Å². The van der Waals surface area contributed by atoms with Crippen molar-refractivity contribution in [3.63, 3.8) is 0 Å². The van der Waals surface area contributed by atoms with Crippen LogP contribution in [0.5, 0.6) is 0 Å². The van der Waals surface area contributed by atoms with Crippen LogP contribution in [0.1, 0.15) is 59.3 Å². The molecule has 1 atom stereocenters. The SMILES string of the molecule is CC(C)(C)OC(=O)N1CC[C@H](Nc2nc(-c3ccnc(NC4CCCCC4)c3)cc3cnccc23)C1. The van der Waals surface area contributed by atoms with Crippen molar-refractivity contribution in [2.24, 2.45) is 0 Å². The number of likely N-dealkylation sites (tertiary alicyclic amines) is 1. The molecule has 2 N–H and O–H groups in total. The number of amides is 1. The van der Waals surface area contributed by atoms with Crippen LogP contribution in [0.2, 0.25) is 0 Å². The highest BCUT2D eigenvalue weighted by Crippen LogP contribution is 2.30. The summed E-state index contributed by atoms with van der Waals surface area (Å²) in [6.45, 7) is 6.91. The maximum atomic E-state index is 12.5. The molecule has 190 valence electrons. The van der Waals surface area contributed by atoms with Gasteiger partial charge in [0.25, 0.3) is 0 Å². The summed E-state index contributed by atoms with van der Waals surface area (Å²) in [6.07, 6.45) is 12.3. The largest absolute Gasteiger partial charge is 0.444 e. The highest BCUT2D eigenvalue weighted by molar-refractivity contribution is 5.94. The standard InChI is InChI=1S/C28H36N6O2/c1-28(2,3)36-27(35)34-14-11-22(18-34)32-26-23-10-12-29-17-20(23)15-24(33-26)19-9-13-30-25(16-19)31-21-7-5-4-6-8-21/h9-10,12-13,15-17,21-22H,4-8,11,14,18H2,1-3H3,(H,30,31)(H,32,33)/t22-/m0/s1. The van der Waals surface area contributed by atoms with Gasteiger partial charge >= 0.3 is 6.09 Å². The van der Waals surface area contributed by atoms with Crippen molar-refractivity contribution in [2.45, 2.75) is 77.0 Å². The van der Waals surface area contributed by atoms with E-state index in [0.717, 1.165) is 40.1 Å². The van der Waals surface area contributed by atoms with E-state index in [-0.39, 0.29) is 12.1 Å². The molecule has 0 radical (unpaired) electrons. The summed E-state index contributed by atoms with van der Waals surface area (Å²) >= 11 is 0. The molecule has 0 bridgehead atoms. The van der Waals surface area contributed by atoms with E-state index in [9.17, 15) is 4.79 Å². The number of nitrogens with one attached hydrogen (secondary N) is 2. The van der Waals surface area contributed by atoms with E-state index in [1.165, 1.54) is 32.1 Å². The van der Waals surface area contributed by atoms with Gasteiger partial charge < -0.3 is 20.3 Å². The Balaban J connectivity index is 1.36. The number of aromatic nitrogens is 3. The summed E-state index contributed by atoms with van der Waals surface area (Å²) in [4.78, 5) is 28.2. The quantitative estimate of drug-likeness (QED) is 0.465. The lowest BCUT2D eigenvalue weighted by Gasteiger charge is -2.24.